The van der Waals surface area contributed by atoms with Gasteiger partial charge in [-0.15, -0.1) is 0 Å². The van der Waals surface area contributed by atoms with Gasteiger partial charge in [0.15, 0.2) is 23.5 Å². The standard InChI is InChI=1S/C14H15F2NO3/c1-9(14(19)17-4-2-3-5-17)20-13-11(15)6-10(8-18)7-12(13)16/h6-9H,2-5H2,1H3. The van der Waals surface area contributed by atoms with E-state index in [1.165, 1.54) is 6.92 Å². The Morgan fingerprint density at radius 1 is 1.30 bits per heavy atom. The van der Waals surface area contributed by atoms with E-state index in [-0.39, 0.29) is 11.5 Å². The second-order valence-electron chi connectivity index (χ2n) is 4.72. The summed E-state index contributed by atoms with van der Waals surface area (Å²) in [5.41, 5.74) is -0.120. The number of amides is 1. The number of carbonyl (C=O) groups excluding carboxylic acids is 2. The second-order valence-corrected chi connectivity index (χ2v) is 4.72. The molecule has 0 bridgehead atoms. The van der Waals surface area contributed by atoms with Crippen LogP contribution in [0, 0.1) is 11.6 Å². The van der Waals surface area contributed by atoms with Gasteiger partial charge in [0.05, 0.1) is 0 Å². The molecule has 4 nitrogen and oxygen atoms in total. The van der Waals surface area contributed by atoms with Gasteiger partial charge in [0.1, 0.15) is 6.29 Å². The SMILES string of the molecule is CC(Oc1c(F)cc(C=O)cc1F)C(=O)N1CCCC1. The molecule has 1 saturated heterocycles. The zero-order valence-corrected chi connectivity index (χ0v) is 11.1. The van der Waals surface area contributed by atoms with E-state index < -0.39 is 23.5 Å². The van der Waals surface area contributed by atoms with Gasteiger partial charge in [-0.1, -0.05) is 0 Å². The van der Waals surface area contributed by atoms with Crippen LogP contribution in [0.3, 0.4) is 0 Å². The molecule has 1 aromatic carbocycles. The predicted octanol–water partition coefficient (Wildman–Crippen LogP) is 2.17. The molecule has 0 spiro atoms. The molecule has 0 N–H and O–H groups in total. The van der Waals surface area contributed by atoms with E-state index in [1.807, 2.05) is 0 Å². The van der Waals surface area contributed by atoms with Crippen LogP contribution in [-0.2, 0) is 4.79 Å². The van der Waals surface area contributed by atoms with Gasteiger partial charge in [-0.25, -0.2) is 8.78 Å². The molecule has 1 amide bonds. The number of aldehydes is 1. The number of benzene rings is 1. The number of nitrogens with zero attached hydrogens (tertiary/aromatic N) is 1. The van der Waals surface area contributed by atoms with Gasteiger partial charge in [-0.05, 0) is 31.9 Å². The van der Waals surface area contributed by atoms with Crippen molar-refractivity contribution in [3.63, 3.8) is 0 Å². The quantitative estimate of drug-likeness (QED) is 0.796. The first kappa shape index (κ1) is 14.4. The van der Waals surface area contributed by atoms with Gasteiger partial charge in [0.2, 0.25) is 0 Å². The minimum Gasteiger partial charge on any atom is -0.475 e. The van der Waals surface area contributed by atoms with E-state index in [0.29, 0.717) is 19.4 Å². The average molecular weight is 283 g/mol. The first-order valence-corrected chi connectivity index (χ1v) is 6.42. The molecule has 6 heteroatoms. The molecule has 1 aliphatic heterocycles. The highest BCUT2D eigenvalue weighted by Gasteiger charge is 2.26. The van der Waals surface area contributed by atoms with Crippen LogP contribution in [0.2, 0.25) is 0 Å². The third kappa shape index (κ3) is 2.95. The summed E-state index contributed by atoms with van der Waals surface area (Å²) in [6.45, 7) is 2.73. The van der Waals surface area contributed by atoms with E-state index in [0.717, 1.165) is 25.0 Å². The summed E-state index contributed by atoms with van der Waals surface area (Å²) in [4.78, 5) is 24.1. The van der Waals surface area contributed by atoms with Gasteiger partial charge < -0.3 is 9.64 Å². The lowest BCUT2D eigenvalue weighted by molar-refractivity contribution is -0.136. The summed E-state index contributed by atoms with van der Waals surface area (Å²) in [5, 5.41) is 0. The molecule has 108 valence electrons. The number of halogens is 2. The van der Waals surface area contributed by atoms with Crippen LogP contribution in [0.1, 0.15) is 30.1 Å². The molecule has 0 radical (unpaired) electrons. The van der Waals surface area contributed by atoms with Crippen molar-refractivity contribution in [2.45, 2.75) is 25.9 Å². The fraction of sp³-hybridized carbons (Fsp3) is 0.429. The minimum atomic E-state index is -0.992. The van der Waals surface area contributed by atoms with Crippen LogP contribution in [0.15, 0.2) is 12.1 Å². The Balaban J connectivity index is 2.13. The van der Waals surface area contributed by atoms with Crippen molar-refractivity contribution in [1.29, 1.82) is 0 Å². The number of carbonyl (C=O) groups is 2. The summed E-state index contributed by atoms with van der Waals surface area (Å²) >= 11 is 0. The molecule has 2 rings (SSSR count). The maximum absolute atomic E-state index is 13.7. The summed E-state index contributed by atoms with van der Waals surface area (Å²) in [6, 6.07) is 1.75. The highest BCUT2D eigenvalue weighted by Crippen LogP contribution is 2.24. The topological polar surface area (TPSA) is 46.6 Å². The molecule has 1 fully saturated rings. The van der Waals surface area contributed by atoms with Crippen molar-refractivity contribution in [2.75, 3.05) is 13.1 Å². The smallest absolute Gasteiger partial charge is 0.263 e. The maximum atomic E-state index is 13.7. The largest absolute Gasteiger partial charge is 0.475 e. The second kappa shape index (κ2) is 5.98. The van der Waals surface area contributed by atoms with Crippen molar-refractivity contribution in [3.05, 3.63) is 29.3 Å². The molecule has 0 aromatic heterocycles. The Morgan fingerprint density at radius 3 is 2.35 bits per heavy atom. The van der Waals surface area contributed by atoms with Gasteiger partial charge in [-0.3, -0.25) is 9.59 Å². The van der Waals surface area contributed by atoms with Crippen LogP contribution in [-0.4, -0.2) is 36.3 Å². The lowest BCUT2D eigenvalue weighted by atomic mass is 10.2. The van der Waals surface area contributed by atoms with Crippen LogP contribution in [0.4, 0.5) is 8.78 Å². The van der Waals surface area contributed by atoms with Gasteiger partial charge in [0.25, 0.3) is 5.91 Å². The summed E-state index contributed by atoms with van der Waals surface area (Å²) in [6.07, 6.45) is 1.22. The third-order valence-electron chi connectivity index (χ3n) is 3.22. The molecule has 1 atom stereocenters. The van der Waals surface area contributed by atoms with Crippen molar-refractivity contribution in [3.8, 4) is 5.75 Å². The highest BCUT2D eigenvalue weighted by molar-refractivity contribution is 5.81. The normalized spacial score (nSPS) is 16.1. The molecule has 1 aliphatic rings. The van der Waals surface area contributed by atoms with Crippen molar-refractivity contribution < 1.29 is 23.1 Å². The predicted molar refractivity (Wildman–Crippen MR) is 67.6 cm³/mol. The fourth-order valence-corrected chi connectivity index (χ4v) is 2.18. The number of hydrogen-bond donors (Lipinski definition) is 0. The monoisotopic (exact) mass is 283 g/mol. The van der Waals surface area contributed by atoms with E-state index in [9.17, 15) is 18.4 Å². The Labute approximate surface area is 115 Å². The molecule has 1 aromatic rings. The summed E-state index contributed by atoms with van der Waals surface area (Å²) < 4.78 is 32.4. The molecule has 20 heavy (non-hydrogen) atoms. The fourth-order valence-electron chi connectivity index (χ4n) is 2.18. The number of ether oxygens (including phenoxy) is 1. The van der Waals surface area contributed by atoms with E-state index in [4.69, 9.17) is 4.74 Å². The molecular weight excluding hydrogens is 268 g/mol. The number of likely N-dealkylation sites (tertiary alicyclic amines) is 1. The zero-order valence-electron chi connectivity index (χ0n) is 11.1. The van der Waals surface area contributed by atoms with E-state index in [2.05, 4.69) is 0 Å². The minimum absolute atomic E-state index is 0.120. The van der Waals surface area contributed by atoms with Gasteiger partial charge in [-0.2, -0.15) is 0 Å². The molecule has 1 unspecified atom stereocenters. The molecular formula is C14H15F2NO3. The van der Waals surface area contributed by atoms with Crippen LogP contribution in [0.5, 0.6) is 5.75 Å². The first-order valence-electron chi connectivity index (χ1n) is 6.42. The third-order valence-corrected chi connectivity index (χ3v) is 3.22. The van der Waals surface area contributed by atoms with Crippen molar-refractivity contribution in [1.82, 2.24) is 4.90 Å². The Morgan fingerprint density at radius 2 is 1.85 bits per heavy atom. The number of hydrogen-bond acceptors (Lipinski definition) is 3. The van der Waals surface area contributed by atoms with Crippen LogP contribution < -0.4 is 4.74 Å². The first-order chi connectivity index (χ1) is 9.52. The number of rotatable bonds is 4. The van der Waals surface area contributed by atoms with Crippen LogP contribution in [0.25, 0.3) is 0 Å². The zero-order chi connectivity index (χ0) is 14.7. The maximum Gasteiger partial charge on any atom is 0.263 e. The van der Waals surface area contributed by atoms with Crippen molar-refractivity contribution in [2.24, 2.45) is 0 Å². The van der Waals surface area contributed by atoms with E-state index in [1.54, 1.807) is 4.90 Å². The summed E-state index contributed by atoms with van der Waals surface area (Å²) in [5.74, 6) is -2.90. The Bertz CT molecular complexity index is 504. The van der Waals surface area contributed by atoms with Crippen LogP contribution >= 0.6 is 0 Å². The average Bonchev–Trinajstić information content (AvgIpc) is 2.95. The van der Waals surface area contributed by atoms with E-state index >= 15 is 0 Å². The Kier molecular flexibility index (Phi) is 4.32. The molecule has 0 saturated carbocycles. The Hall–Kier alpha value is -1.98. The lowest BCUT2D eigenvalue weighted by Crippen LogP contribution is -2.38. The lowest BCUT2D eigenvalue weighted by Gasteiger charge is -2.21. The van der Waals surface area contributed by atoms with Gasteiger partial charge >= 0.3 is 0 Å². The molecule has 1 heterocycles. The highest BCUT2D eigenvalue weighted by atomic mass is 19.1. The van der Waals surface area contributed by atoms with Crippen molar-refractivity contribution >= 4 is 12.2 Å². The molecule has 0 aliphatic carbocycles. The summed E-state index contributed by atoms with van der Waals surface area (Å²) in [7, 11) is 0. The van der Waals surface area contributed by atoms with Gasteiger partial charge in [0, 0.05) is 18.7 Å².